The van der Waals surface area contributed by atoms with E-state index in [1.54, 1.807) is 24.4 Å². The minimum Gasteiger partial charge on any atom is -0.425 e. The van der Waals surface area contributed by atoms with E-state index in [0.29, 0.717) is 5.75 Å². The Morgan fingerprint density at radius 2 is 2.41 bits per heavy atom. The number of nitrogens with two attached hydrogens (primary N) is 1. The predicted molar refractivity (Wildman–Crippen MR) is 61.6 cm³/mol. The molecule has 0 bridgehead atoms. The molecule has 5 N–H and O–H groups in total. The van der Waals surface area contributed by atoms with Crippen molar-refractivity contribution in [3.63, 3.8) is 0 Å². The first-order valence-corrected chi connectivity index (χ1v) is 4.87. The van der Waals surface area contributed by atoms with Crippen molar-refractivity contribution in [2.75, 3.05) is 6.54 Å². The topological polar surface area (TPSA) is 117 Å². The standard InChI is InChI=1S/C10H11N5O2/c11-10(12)13-5-9(16)17-7-2-1-6-4-14-15-8(6)3-7/h1-4H,5H2,(H,14,15)(H4,11,12,13). The van der Waals surface area contributed by atoms with Crippen molar-refractivity contribution in [2.45, 2.75) is 0 Å². The summed E-state index contributed by atoms with van der Waals surface area (Å²) in [7, 11) is 0. The van der Waals surface area contributed by atoms with Crippen LogP contribution in [0.1, 0.15) is 0 Å². The first-order chi connectivity index (χ1) is 8.15. The predicted octanol–water partition coefficient (Wildman–Crippen LogP) is -0.0486. The average molecular weight is 233 g/mol. The molecule has 0 aliphatic heterocycles. The van der Waals surface area contributed by atoms with Gasteiger partial charge in [-0.25, -0.2) is 4.79 Å². The van der Waals surface area contributed by atoms with E-state index >= 15 is 0 Å². The molecule has 0 fully saturated rings. The van der Waals surface area contributed by atoms with Crippen LogP contribution in [0.3, 0.4) is 0 Å². The number of rotatable bonds is 3. The molecule has 2 aromatic rings. The van der Waals surface area contributed by atoms with Gasteiger partial charge in [0, 0.05) is 11.5 Å². The second-order valence-corrected chi connectivity index (χ2v) is 3.36. The Labute approximate surface area is 96.5 Å². The Morgan fingerprint density at radius 3 is 3.18 bits per heavy atom. The summed E-state index contributed by atoms with van der Waals surface area (Å²) >= 11 is 0. The molecule has 0 radical (unpaired) electrons. The van der Waals surface area contributed by atoms with Crippen LogP contribution in [-0.2, 0) is 4.79 Å². The molecule has 0 amide bonds. The van der Waals surface area contributed by atoms with Crippen molar-refractivity contribution in [1.29, 1.82) is 5.41 Å². The molecule has 0 spiro atoms. The molecule has 0 atom stereocenters. The number of carbonyl (C=O) groups excluding carboxylic acids is 1. The molecule has 88 valence electrons. The van der Waals surface area contributed by atoms with Gasteiger partial charge in [0.2, 0.25) is 0 Å². The molecule has 1 heterocycles. The quantitative estimate of drug-likeness (QED) is 0.257. The molecule has 7 nitrogen and oxygen atoms in total. The van der Waals surface area contributed by atoms with Gasteiger partial charge in [-0.05, 0) is 12.1 Å². The molecular formula is C10H11N5O2. The zero-order chi connectivity index (χ0) is 12.3. The Hall–Kier alpha value is -2.57. The van der Waals surface area contributed by atoms with Crippen LogP contribution >= 0.6 is 0 Å². The van der Waals surface area contributed by atoms with E-state index in [0.717, 1.165) is 10.9 Å². The lowest BCUT2D eigenvalue weighted by Crippen LogP contribution is -2.36. The van der Waals surface area contributed by atoms with E-state index in [4.69, 9.17) is 15.9 Å². The summed E-state index contributed by atoms with van der Waals surface area (Å²) in [5, 5.41) is 16.8. The minimum atomic E-state index is -0.515. The molecule has 0 unspecified atom stereocenters. The van der Waals surface area contributed by atoms with E-state index in [-0.39, 0.29) is 12.5 Å². The lowest BCUT2D eigenvalue weighted by Gasteiger charge is -2.05. The number of hydrogen-bond donors (Lipinski definition) is 4. The first kappa shape index (κ1) is 10.9. The zero-order valence-corrected chi connectivity index (χ0v) is 8.86. The summed E-state index contributed by atoms with van der Waals surface area (Å²) in [6.45, 7) is -0.143. The molecular weight excluding hydrogens is 222 g/mol. The van der Waals surface area contributed by atoms with Gasteiger partial charge in [0.1, 0.15) is 12.3 Å². The highest BCUT2D eigenvalue weighted by atomic mass is 16.5. The lowest BCUT2D eigenvalue weighted by atomic mass is 10.2. The summed E-state index contributed by atoms with van der Waals surface area (Å²) < 4.78 is 5.04. The van der Waals surface area contributed by atoms with Gasteiger partial charge in [0.05, 0.1) is 11.7 Å². The van der Waals surface area contributed by atoms with Gasteiger partial charge in [-0.15, -0.1) is 0 Å². The van der Waals surface area contributed by atoms with Crippen molar-refractivity contribution >= 4 is 22.8 Å². The number of ether oxygens (including phenoxy) is 1. The normalized spacial score (nSPS) is 10.1. The maximum absolute atomic E-state index is 11.3. The third-order valence-electron chi connectivity index (χ3n) is 2.07. The number of nitrogens with zero attached hydrogens (tertiary/aromatic N) is 1. The Kier molecular flexibility index (Phi) is 2.91. The van der Waals surface area contributed by atoms with Crippen molar-refractivity contribution < 1.29 is 9.53 Å². The molecule has 0 saturated heterocycles. The van der Waals surface area contributed by atoms with Crippen molar-refractivity contribution in [3.05, 3.63) is 24.4 Å². The number of fused-ring (bicyclic) bond motifs is 1. The van der Waals surface area contributed by atoms with E-state index in [1.807, 2.05) is 0 Å². The summed E-state index contributed by atoms with van der Waals surface area (Å²) in [5.74, 6) is -0.373. The molecule has 2 rings (SSSR count). The Balaban J connectivity index is 2.02. The maximum atomic E-state index is 11.3. The fourth-order valence-electron chi connectivity index (χ4n) is 1.31. The van der Waals surface area contributed by atoms with Crippen molar-refractivity contribution in [2.24, 2.45) is 5.73 Å². The Bertz CT molecular complexity index is 563. The number of carbonyl (C=O) groups is 1. The summed E-state index contributed by atoms with van der Waals surface area (Å²) in [6, 6.07) is 5.14. The number of aromatic amines is 1. The van der Waals surface area contributed by atoms with E-state index < -0.39 is 5.97 Å². The van der Waals surface area contributed by atoms with Crippen LogP contribution in [0.15, 0.2) is 24.4 Å². The van der Waals surface area contributed by atoms with Gasteiger partial charge in [-0.3, -0.25) is 10.5 Å². The largest absolute Gasteiger partial charge is 0.425 e. The molecule has 7 heteroatoms. The number of nitrogens with one attached hydrogen (secondary N) is 3. The summed E-state index contributed by atoms with van der Waals surface area (Å²) in [4.78, 5) is 11.3. The van der Waals surface area contributed by atoms with Crippen LogP contribution < -0.4 is 15.8 Å². The smallest absolute Gasteiger partial charge is 0.330 e. The van der Waals surface area contributed by atoms with Gasteiger partial charge < -0.3 is 15.8 Å². The van der Waals surface area contributed by atoms with Crippen LogP contribution in [0, 0.1) is 5.41 Å². The van der Waals surface area contributed by atoms with Crippen LogP contribution in [0.25, 0.3) is 10.9 Å². The van der Waals surface area contributed by atoms with Crippen LogP contribution in [0.4, 0.5) is 0 Å². The summed E-state index contributed by atoms with van der Waals surface area (Å²) in [5.41, 5.74) is 5.83. The van der Waals surface area contributed by atoms with Crippen molar-refractivity contribution in [3.8, 4) is 5.75 Å². The van der Waals surface area contributed by atoms with Gasteiger partial charge >= 0.3 is 5.97 Å². The molecule has 17 heavy (non-hydrogen) atoms. The zero-order valence-electron chi connectivity index (χ0n) is 8.86. The molecule has 0 aliphatic carbocycles. The van der Waals surface area contributed by atoms with E-state index in [9.17, 15) is 4.79 Å². The third-order valence-corrected chi connectivity index (χ3v) is 2.07. The molecule has 0 saturated carbocycles. The molecule has 1 aromatic heterocycles. The highest BCUT2D eigenvalue weighted by Crippen LogP contribution is 2.18. The molecule has 0 aliphatic rings. The van der Waals surface area contributed by atoms with Gasteiger partial charge in [0.25, 0.3) is 0 Å². The third kappa shape index (κ3) is 2.71. The fraction of sp³-hybridized carbons (Fsp3) is 0.100. The molecule has 1 aromatic carbocycles. The van der Waals surface area contributed by atoms with Crippen LogP contribution in [0.2, 0.25) is 0 Å². The van der Waals surface area contributed by atoms with Crippen LogP contribution in [0.5, 0.6) is 5.75 Å². The highest BCUT2D eigenvalue weighted by molar-refractivity contribution is 5.83. The number of hydrogen-bond acceptors (Lipinski definition) is 4. The SMILES string of the molecule is N=C(N)NCC(=O)Oc1ccc2cn[nH]c2c1. The number of guanidine groups is 1. The first-order valence-electron chi connectivity index (χ1n) is 4.87. The summed E-state index contributed by atoms with van der Waals surface area (Å²) in [6.07, 6.45) is 1.68. The number of H-pyrrole nitrogens is 1. The monoisotopic (exact) mass is 233 g/mol. The second kappa shape index (κ2) is 4.52. The number of esters is 1. The number of benzene rings is 1. The average Bonchev–Trinajstić information content (AvgIpc) is 2.73. The lowest BCUT2D eigenvalue weighted by molar-refractivity contribution is -0.133. The van der Waals surface area contributed by atoms with Gasteiger partial charge in [0.15, 0.2) is 5.96 Å². The van der Waals surface area contributed by atoms with E-state index in [1.165, 1.54) is 0 Å². The van der Waals surface area contributed by atoms with Gasteiger partial charge in [-0.1, -0.05) is 0 Å². The second-order valence-electron chi connectivity index (χ2n) is 3.36. The number of aromatic nitrogens is 2. The maximum Gasteiger partial charge on any atom is 0.330 e. The van der Waals surface area contributed by atoms with E-state index in [2.05, 4.69) is 15.5 Å². The van der Waals surface area contributed by atoms with Crippen LogP contribution in [-0.4, -0.2) is 28.7 Å². The fourth-order valence-corrected chi connectivity index (χ4v) is 1.31. The van der Waals surface area contributed by atoms with Crippen molar-refractivity contribution in [1.82, 2.24) is 15.5 Å². The Morgan fingerprint density at radius 1 is 1.59 bits per heavy atom. The minimum absolute atomic E-state index is 0.143. The van der Waals surface area contributed by atoms with Gasteiger partial charge in [-0.2, -0.15) is 5.10 Å². The highest BCUT2D eigenvalue weighted by Gasteiger charge is 2.06.